The van der Waals surface area contributed by atoms with Crippen LogP contribution in [0.15, 0.2) is 55.3 Å². The number of carbonyl (C=O) groups excluding carboxylic acids is 1. The van der Waals surface area contributed by atoms with E-state index in [2.05, 4.69) is 27.9 Å². The molecule has 10 atom stereocenters. The number of nitrogens with one attached hydrogen (secondary N) is 1. The van der Waals surface area contributed by atoms with E-state index < -0.39 is 44.2 Å². The predicted molar refractivity (Wildman–Crippen MR) is 174 cm³/mol. The molecule has 1 amide bonds. The van der Waals surface area contributed by atoms with Crippen LogP contribution in [-0.2, 0) is 13.6 Å². The van der Waals surface area contributed by atoms with Crippen LogP contribution in [0.1, 0.15) is 40.4 Å². The molecule has 14 nitrogen and oxygen atoms in total. The average Bonchev–Trinajstić information content (AvgIpc) is 3.72. The van der Waals surface area contributed by atoms with Crippen LogP contribution in [0.25, 0.3) is 16.5 Å². The zero-order chi connectivity index (χ0) is 34.2. The molecule has 4 saturated heterocycles. The Morgan fingerprint density at radius 1 is 1.20 bits per heavy atom. The standard InChI is InChI=1S/C20H24N2O2.C14H12NO9P/c1-3-13-12-22-9-7-14(13)10-19(22)20(23)16-6-8-21-18-5-4-15(24-2)11-17(16)18;16-6-1-5-4-2-7-12(22-3-21-7)10(17)8(4)14(18)15-9(5)13-11(6)23-25(19,20)24-13/h3-6,8,11,13-14,19-20,23H,1,7,9-10,12H2,2H3;1-2,6,9,11,13,16-17H,3H2,(H,15,18)(H,19,20)/t13-,14-,19+,20+;6-,9+,11+,13-/m10/s1. The number of carbonyl (C=O) groups is 1. The van der Waals surface area contributed by atoms with E-state index in [4.69, 9.17) is 23.3 Å². The Bertz CT molecular complexity index is 1940. The highest BCUT2D eigenvalue weighted by molar-refractivity contribution is 7.47. The number of hydrogen-bond donors (Lipinski definition) is 5. The highest BCUT2D eigenvalue weighted by Crippen LogP contribution is 2.58. The lowest BCUT2D eigenvalue weighted by atomic mass is 9.73. The minimum absolute atomic E-state index is 0.0245. The molecule has 3 aromatic rings. The first-order valence-electron chi connectivity index (χ1n) is 16.1. The summed E-state index contributed by atoms with van der Waals surface area (Å²) in [6.07, 6.45) is 3.66. The molecule has 7 aliphatic rings. The highest BCUT2D eigenvalue weighted by Gasteiger charge is 2.55. The third-order valence-corrected chi connectivity index (χ3v) is 11.5. The predicted octanol–water partition coefficient (Wildman–Crippen LogP) is 3.05. The van der Waals surface area contributed by atoms with E-state index in [1.807, 2.05) is 24.3 Å². The fourth-order valence-corrected chi connectivity index (χ4v) is 9.23. The van der Waals surface area contributed by atoms with Crippen LogP contribution in [0, 0.1) is 11.8 Å². The first kappa shape index (κ1) is 32.2. The number of methoxy groups -OCH3 is 1. The lowest BCUT2D eigenvalue weighted by Gasteiger charge is -2.50. The molecule has 10 rings (SSSR count). The number of aliphatic hydroxyl groups is 2. The summed E-state index contributed by atoms with van der Waals surface area (Å²) in [6.45, 7) is 5.98. The van der Waals surface area contributed by atoms with Gasteiger partial charge in [-0.3, -0.25) is 23.7 Å². The van der Waals surface area contributed by atoms with Crippen LogP contribution < -0.4 is 19.5 Å². The Kier molecular flexibility index (Phi) is 7.95. The fraction of sp³-hybridized carbons (Fsp3) is 0.412. The zero-order valence-electron chi connectivity index (χ0n) is 26.5. The van der Waals surface area contributed by atoms with Crippen LogP contribution in [0.5, 0.6) is 23.0 Å². The van der Waals surface area contributed by atoms with Crippen LogP contribution in [-0.4, -0.2) is 93.4 Å². The van der Waals surface area contributed by atoms with Gasteiger partial charge < -0.3 is 39.7 Å². The van der Waals surface area contributed by atoms with E-state index in [-0.39, 0.29) is 35.6 Å². The molecule has 258 valence electrons. The van der Waals surface area contributed by atoms with Gasteiger partial charge in [-0.05, 0) is 78.8 Å². The second kappa shape index (κ2) is 12.1. The van der Waals surface area contributed by atoms with Crippen molar-refractivity contribution in [2.75, 3.05) is 27.0 Å². The van der Waals surface area contributed by atoms with Crippen molar-refractivity contribution in [2.24, 2.45) is 11.8 Å². The van der Waals surface area contributed by atoms with Crippen molar-refractivity contribution in [1.82, 2.24) is 15.2 Å². The third-order valence-electron chi connectivity index (χ3n) is 10.5. The number of phenolic OH excluding ortho intramolecular Hbond substituents is 1. The number of rotatable bonds is 4. The smallest absolute Gasteiger partial charge is 0.473 e. The number of aromatic hydroxyl groups is 1. The third kappa shape index (κ3) is 5.39. The molecule has 2 unspecified atom stereocenters. The topological polar surface area (TPSA) is 189 Å². The van der Waals surface area contributed by atoms with Gasteiger partial charge in [-0.2, -0.15) is 0 Å². The number of benzene rings is 2. The molecular formula is C34H36N3O11P. The Hall–Kier alpha value is -4.01. The number of phosphoric ester groups is 1. The summed E-state index contributed by atoms with van der Waals surface area (Å²) in [5, 5.41) is 35.4. The van der Waals surface area contributed by atoms with Crippen LogP contribution in [0.2, 0.25) is 0 Å². The largest absolute Gasteiger partial charge is 0.504 e. The molecule has 0 radical (unpaired) electrons. The Morgan fingerprint density at radius 2 is 2.02 bits per heavy atom. The molecule has 15 heteroatoms. The minimum Gasteiger partial charge on any atom is -0.504 e. The SMILES string of the molecule is C=C[C@@H]1CN2CC[C@@H]1C[C@H]2[C@@H](O)c1ccnc2ccc(OC)cc12.O=C1N[C@@H]2C(=C[C@H](O)[C@H]3OP(=O)(O)O[C@H]32)c2cc3c(c(O)c21)OCO3. The molecule has 1 aliphatic carbocycles. The number of fused-ring (bicyclic) bond motifs is 10. The first-order chi connectivity index (χ1) is 23.6. The maximum Gasteiger partial charge on any atom is 0.473 e. The highest BCUT2D eigenvalue weighted by atomic mass is 31.2. The summed E-state index contributed by atoms with van der Waals surface area (Å²) >= 11 is 0. The minimum atomic E-state index is -4.31. The Labute approximate surface area is 281 Å². The van der Waals surface area contributed by atoms with Gasteiger partial charge in [-0.25, -0.2) is 4.57 Å². The number of pyridine rings is 1. The van der Waals surface area contributed by atoms with Gasteiger partial charge in [0.2, 0.25) is 12.5 Å². The van der Waals surface area contributed by atoms with E-state index in [1.165, 1.54) is 18.6 Å². The van der Waals surface area contributed by atoms with Crippen molar-refractivity contribution in [1.29, 1.82) is 0 Å². The van der Waals surface area contributed by atoms with Crippen molar-refractivity contribution in [3.63, 3.8) is 0 Å². The van der Waals surface area contributed by atoms with E-state index in [9.17, 15) is 29.6 Å². The lowest BCUT2D eigenvalue weighted by Crippen LogP contribution is -2.55. The quantitative estimate of drug-likeness (QED) is 0.198. The number of aliphatic hydroxyl groups excluding tert-OH is 2. The van der Waals surface area contributed by atoms with Gasteiger partial charge >= 0.3 is 7.82 Å². The summed E-state index contributed by atoms with van der Waals surface area (Å²) in [4.78, 5) is 28.9. The number of hydrogen-bond acceptors (Lipinski definition) is 12. The monoisotopic (exact) mass is 693 g/mol. The van der Waals surface area contributed by atoms with Gasteiger partial charge in [-0.1, -0.05) is 6.08 Å². The normalized spacial score (nSPS) is 34.0. The summed E-state index contributed by atoms with van der Waals surface area (Å²) in [5.41, 5.74) is 2.58. The average molecular weight is 694 g/mol. The fourth-order valence-electron chi connectivity index (χ4n) is 8.08. The molecule has 2 aromatic carbocycles. The Balaban J connectivity index is 0.000000142. The van der Waals surface area contributed by atoms with Crippen molar-refractivity contribution >= 4 is 30.2 Å². The molecular weight excluding hydrogens is 657 g/mol. The molecule has 6 aliphatic heterocycles. The van der Waals surface area contributed by atoms with Gasteiger partial charge in [-0.15, -0.1) is 6.58 Å². The number of aromatic nitrogens is 1. The molecule has 1 aromatic heterocycles. The van der Waals surface area contributed by atoms with E-state index in [1.54, 1.807) is 13.3 Å². The maximum atomic E-state index is 12.5. The molecule has 2 bridgehead atoms. The van der Waals surface area contributed by atoms with Gasteiger partial charge in [0.05, 0.1) is 30.3 Å². The molecule has 7 heterocycles. The van der Waals surface area contributed by atoms with Crippen molar-refractivity contribution in [3.8, 4) is 23.0 Å². The Morgan fingerprint density at radius 3 is 2.78 bits per heavy atom. The number of phosphoric acid groups is 1. The van der Waals surface area contributed by atoms with Crippen molar-refractivity contribution < 1.29 is 52.8 Å². The summed E-state index contributed by atoms with van der Waals surface area (Å²) < 4.78 is 37.4. The van der Waals surface area contributed by atoms with E-state index >= 15 is 0 Å². The molecule has 49 heavy (non-hydrogen) atoms. The number of phenols is 1. The zero-order valence-corrected chi connectivity index (χ0v) is 27.4. The van der Waals surface area contributed by atoms with Gasteiger partial charge in [0, 0.05) is 29.7 Å². The van der Waals surface area contributed by atoms with Crippen molar-refractivity contribution in [3.05, 3.63) is 72.0 Å². The van der Waals surface area contributed by atoms with Crippen molar-refractivity contribution in [2.45, 2.75) is 49.3 Å². The molecule has 0 saturated carbocycles. The number of ether oxygens (including phenoxy) is 3. The lowest BCUT2D eigenvalue weighted by molar-refractivity contribution is -0.0444. The van der Waals surface area contributed by atoms with Gasteiger partial charge in [0.15, 0.2) is 11.5 Å². The van der Waals surface area contributed by atoms with E-state index in [0.29, 0.717) is 23.0 Å². The number of piperidine rings is 3. The number of amides is 1. The molecule has 5 N–H and O–H groups in total. The second-order valence-electron chi connectivity index (χ2n) is 13.0. The van der Waals surface area contributed by atoms with Crippen LogP contribution >= 0.6 is 7.82 Å². The summed E-state index contributed by atoms with van der Waals surface area (Å²) in [5.74, 6) is 1.37. The van der Waals surface area contributed by atoms with Gasteiger partial charge in [0.1, 0.15) is 24.1 Å². The van der Waals surface area contributed by atoms with E-state index in [0.717, 1.165) is 41.7 Å². The first-order valence-corrected chi connectivity index (χ1v) is 17.6. The summed E-state index contributed by atoms with van der Waals surface area (Å²) in [7, 11) is -2.65. The van der Waals surface area contributed by atoms with Crippen LogP contribution in [0.3, 0.4) is 0 Å². The molecule has 4 fully saturated rings. The summed E-state index contributed by atoms with van der Waals surface area (Å²) in [6, 6.07) is 8.66. The number of nitrogens with zero attached hydrogens (tertiary/aromatic N) is 2. The molecule has 0 spiro atoms. The van der Waals surface area contributed by atoms with Gasteiger partial charge in [0.25, 0.3) is 5.91 Å². The second-order valence-corrected chi connectivity index (χ2v) is 14.4. The maximum absolute atomic E-state index is 12.5. The van der Waals surface area contributed by atoms with Crippen LogP contribution in [0.4, 0.5) is 0 Å².